The number of rotatable bonds is 3. The summed E-state index contributed by atoms with van der Waals surface area (Å²) in [6.45, 7) is 8.01. The molecule has 0 rings (SSSR count). The van der Waals surface area contributed by atoms with Gasteiger partial charge in [0.25, 0.3) is 0 Å². The zero-order chi connectivity index (χ0) is 9.07. The van der Waals surface area contributed by atoms with Crippen LogP contribution in [-0.4, -0.2) is 18.8 Å². The fourth-order valence-corrected chi connectivity index (χ4v) is 0.739. The monoisotopic (exact) mass is 157 g/mol. The van der Waals surface area contributed by atoms with Gasteiger partial charge in [0.1, 0.15) is 0 Å². The molecule has 2 nitrogen and oxygen atoms in total. The first-order chi connectivity index (χ1) is 4.89. The van der Waals surface area contributed by atoms with E-state index in [0.717, 1.165) is 5.57 Å². The Kier molecular flexibility index (Phi) is 3.76. The van der Waals surface area contributed by atoms with Crippen LogP contribution in [0.25, 0.3) is 0 Å². The van der Waals surface area contributed by atoms with Crippen molar-refractivity contribution < 1.29 is 4.74 Å². The summed E-state index contributed by atoms with van der Waals surface area (Å²) < 4.78 is 5.23. The first-order valence-corrected chi connectivity index (χ1v) is 3.89. The Morgan fingerprint density at radius 1 is 1.55 bits per heavy atom. The lowest BCUT2D eigenvalue weighted by atomic mass is 10.0. The minimum absolute atomic E-state index is 0.115. The highest BCUT2D eigenvalue weighted by Crippen LogP contribution is 2.13. The third-order valence-corrected chi connectivity index (χ3v) is 1.82. The van der Waals surface area contributed by atoms with E-state index < -0.39 is 0 Å². The SMILES string of the molecule is COC(C)(C)/C=C(/C)C(C)N. The van der Waals surface area contributed by atoms with Crippen LogP contribution in [0.15, 0.2) is 11.6 Å². The van der Waals surface area contributed by atoms with Crippen LogP contribution in [0.1, 0.15) is 27.7 Å². The maximum absolute atomic E-state index is 5.67. The Morgan fingerprint density at radius 2 is 2.00 bits per heavy atom. The number of hydrogen-bond donors (Lipinski definition) is 1. The van der Waals surface area contributed by atoms with Crippen molar-refractivity contribution in [2.75, 3.05) is 7.11 Å². The molecule has 1 unspecified atom stereocenters. The standard InChI is InChI=1S/C9H19NO/c1-7(8(2)10)6-9(3,4)11-5/h6,8H,10H2,1-5H3/b7-6-. The van der Waals surface area contributed by atoms with E-state index >= 15 is 0 Å². The lowest BCUT2D eigenvalue weighted by Gasteiger charge is -2.20. The van der Waals surface area contributed by atoms with E-state index in [0.29, 0.717) is 0 Å². The third-order valence-electron chi connectivity index (χ3n) is 1.82. The Bertz CT molecular complexity index is 148. The molecule has 0 aliphatic rings. The predicted molar refractivity (Wildman–Crippen MR) is 48.5 cm³/mol. The van der Waals surface area contributed by atoms with Gasteiger partial charge < -0.3 is 10.5 Å². The molecule has 66 valence electrons. The highest BCUT2D eigenvalue weighted by Gasteiger charge is 2.13. The van der Waals surface area contributed by atoms with Crippen LogP contribution in [0.5, 0.6) is 0 Å². The Hall–Kier alpha value is -0.340. The molecule has 0 aliphatic heterocycles. The number of methoxy groups -OCH3 is 1. The van der Waals surface area contributed by atoms with Crippen LogP contribution in [0.2, 0.25) is 0 Å². The summed E-state index contributed by atoms with van der Waals surface area (Å²) in [6.07, 6.45) is 2.05. The number of nitrogens with two attached hydrogens (primary N) is 1. The molecule has 1 atom stereocenters. The van der Waals surface area contributed by atoms with Crippen LogP contribution in [-0.2, 0) is 4.74 Å². The van der Waals surface area contributed by atoms with Crippen LogP contribution < -0.4 is 5.73 Å². The maximum atomic E-state index is 5.67. The molecule has 0 aromatic heterocycles. The summed E-state index contributed by atoms with van der Waals surface area (Å²) in [6, 6.07) is 0.115. The maximum Gasteiger partial charge on any atom is 0.0805 e. The van der Waals surface area contributed by atoms with Gasteiger partial charge in [-0.3, -0.25) is 0 Å². The fourth-order valence-electron chi connectivity index (χ4n) is 0.739. The summed E-state index contributed by atoms with van der Waals surface area (Å²) in [7, 11) is 1.70. The van der Waals surface area contributed by atoms with Gasteiger partial charge in [-0.05, 0) is 27.7 Å². The van der Waals surface area contributed by atoms with E-state index in [1.165, 1.54) is 0 Å². The Labute approximate surface area is 69.4 Å². The van der Waals surface area contributed by atoms with Crippen molar-refractivity contribution in [2.24, 2.45) is 5.73 Å². The van der Waals surface area contributed by atoms with Crippen LogP contribution in [0.3, 0.4) is 0 Å². The molecule has 0 amide bonds. The molecule has 0 bridgehead atoms. The fraction of sp³-hybridized carbons (Fsp3) is 0.778. The quantitative estimate of drug-likeness (QED) is 0.633. The van der Waals surface area contributed by atoms with Gasteiger partial charge in [-0.25, -0.2) is 0 Å². The summed E-state index contributed by atoms with van der Waals surface area (Å²) >= 11 is 0. The van der Waals surface area contributed by atoms with Crippen LogP contribution in [0, 0.1) is 0 Å². The van der Waals surface area contributed by atoms with Crippen molar-refractivity contribution >= 4 is 0 Å². The van der Waals surface area contributed by atoms with Crippen LogP contribution in [0.4, 0.5) is 0 Å². The Balaban J connectivity index is 4.29. The van der Waals surface area contributed by atoms with Crippen molar-refractivity contribution in [3.63, 3.8) is 0 Å². The van der Waals surface area contributed by atoms with E-state index in [1.807, 2.05) is 27.7 Å². The van der Waals surface area contributed by atoms with Gasteiger partial charge >= 0.3 is 0 Å². The molecular weight excluding hydrogens is 138 g/mol. The van der Waals surface area contributed by atoms with Gasteiger partial charge in [0.2, 0.25) is 0 Å². The average Bonchev–Trinajstić information content (AvgIpc) is 1.87. The molecule has 0 heterocycles. The molecule has 0 fully saturated rings. The van der Waals surface area contributed by atoms with Crippen molar-refractivity contribution in [3.8, 4) is 0 Å². The molecule has 11 heavy (non-hydrogen) atoms. The number of hydrogen-bond acceptors (Lipinski definition) is 2. The summed E-state index contributed by atoms with van der Waals surface area (Å²) in [5, 5.41) is 0. The lowest BCUT2D eigenvalue weighted by molar-refractivity contribution is 0.0646. The first-order valence-electron chi connectivity index (χ1n) is 3.89. The van der Waals surface area contributed by atoms with Crippen molar-refractivity contribution in [1.82, 2.24) is 0 Å². The summed E-state index contributed by atoms with van der Waals surface area (Å²) in [4.78, 5) is 0. The molecule has 0 aliphatic carbocycles. The van der Waals surface area contributed by atoms with E-state index in [2.05, 4.69) is 6.08 Å². The third kappa shape index (κ3) is 4.17. The highest BCUT2D eigenvalue weighted by atomic mass is 16.5. The van der Waals surface area contributed by atoms with E-state index in [-0.39, 0.29) is 11.6 Å². The van der Waals surface area contributed by atoms with Crippen molar-refractivity contribution in [3.05, 3.63) is 11.6 Å². The molecular formula is C9H19NO. The van der Waals surface area contributed by atoms with E-state index in [9.17, 15) is 0 Å². The van der Waals surface area contributed by atoms with Crippen LogP contribution >= 0.6 is 0 Å². The normalized spacial score (nSPS) is 16.7. The molecule has 2 N–H and O–H groups in total. The second-order valence-electron chi connectivity index (χ2n) is 3.48. The molecule has 2 heteroatoms. The Morgan fingerprint density at radius 3 is 2.27 bits per heavy atom. The summed E-state index contributed by atoms with van der Waals surface area (Å²) in [5.74, 6) is 0. The minimum atomic E-state index is -0.197. The van der Waals surface area contributed by atoms with E-state index in [4.69, 9.17) is 10.5 Å². The van der Waals surface area contributed by atoms with Gasteiger partial charge in [0.05, 0.1) is 5.60 Å². The first kappa shape index (κ1) is 10.7. The van der Waals surface area contributed by atoms with Gasteiger partial charge in [-0.1, -0.05) is 11.6 Å². The van der Waals surface area contributed by atoms with Gasteiger partial charge in [-0.2, -0.15) is 0 Å². The smallest absolute Gasteiger partial charge is 0.0805 e. The van der Waals surface area contributed by atoms with Gasteiger partial charge in [0, 0.05) is 13.2 Å². The van der Waals surface area contributed by atoms with Gasteiger partial charge in [0.15, 0.2) is 0 Å². The summed E-state index contributed by atoms with van der Waals surface area (Å²) in [5.41, 5.74) is 6.64. The average molecular weight is 157 g/mol. The second-order valence-corrected chi connectivity index (χ2v) is 3.48. The highest BCUT2D eigenvalue weighted by molar-refractivity contribution is 5.11. The minimum Gasteiger partial charge on any atom is -0.375 e. The predicted octanol–water partition coefficient (Wildman–Crippen LogP) is 1.70. The molecule has 0 aromatic rings. The lowest BCUT2D eigenvalue weighted by Crippen LogP contribution is -2.24. The second kappa shape index (κ2) is 3.88. The van der Waals surface area contributed by atoms with Crippen molar-refractivity contribution in [1.29, 1.82) is 0 Å². The number of ether oxygens (including phenoxy) is 1. The van der Waals surface area contributed by atoms with Crippen molar-refractivity contribution in [2.45, 2.75) is 39.3 Å². The molecule has 0 spiro atoms. The van der Waals surface area contributed by atoms with Gasteiger partial charge in [-0.15, -0.1) is 0 Å². The zero-order valence-electron chi connectivity index (χ0n) is 8.14. The molecule has 0 aromatic carbocycles. The zero-order valence-corrected chi connectivity index (χ0v) is 8.14. The van der Waals surface area contributed by atoms with E-state index in [1.54, 1.807) is 7.11 Å². The topological polar surface area (TPSA) is 35.2 Å². The largest absolute Gasteiger partial charge is 0.375 e. The molecule has 0 radical (unpaired) electrons. The molecule has 0 saturated carbocycles. The molecule has 0 saturated heterocycles.